The van der Waals surface area contributed by atoms with Gasteiger partial charge in [0.1, 0.15) is 18.1 Å². The van der Waals surface area contributed by atoms with Crippen molar-refractivity contribution >= 4 is 29.5 Å². The van der Waals surface area contributed by atoms with Gasteiger partial charge < -0.3 is 30.4 Å². The number of aromatic nitrogens is 1. The first kappa shape index (κ1) is 26.7. The molecule has 0 fully saturated rings. The molecule has 0 saturated heterocycles. The van der Waals surface area contributed by atoms with E-state index < -0.39 is 35.0 Å². The smallest absolute Gasteiger partial charge is 0.407 e. The maximum absolute atomic E-state index is 13.5. The summed E-state index contributed by atoms with van der Waals surface area (Å²) in [6.07, 6.45) is -0.487. The fourth-order valence-corrected chi connectivity index (χ4v) is 4.23. The van der Waals surface area contributed by atoms with Crippen LogP contribution in [0, 0.1) is 5.82 Å². The van der Waals surface area contributed by atoms with Crippen LogP contribution in [0.2, 0.25) is 5.02 Å². The lowest BCUT2D eigenvalue weighted by Crippen LogP contribution is -2.41. The molecule has 4 N–H and O–H groups in total. The first-order valence-corrected chi connectivity index (χ1v) is 12.1. The molecule has 0 unspecified atom stereocenters. The summed E-state index contributed by atoms with van der Waals surface area (Å²) < 4.78 is 18.6. The molecule has 0 radical (unpaired) electrons. The second-order valence-electron chi connectivity index (χ2n) is 8.50. The molecule has 2 heterocycles. The van der Waals surface area contributed by atoms with E-state index in [-0.39, 0.29) is 61.1 Å². The number of H-pyrrole nitrogens is 1. The second-order valence-corrected chi connectivity index (χ2v) is 8.91. The minimum absolute atomic E-state index is 0.0162. The Kier molecular flexibility index (Phi) is 8.27. The number of nitrogens with zero attached hydrogens (tertiary/aromatic N) is 1. The number of amides is 3. The molecule has 0 atom stereocenters. The van der Waals surface area contributed by atoms with Crippen LogP contribution >= 0.6 is 11.6 Å². The highest BCUT2D eigenvalue weighted by atomic mass is 35.5. The van der Waals surface area contributed by atoms with Crippen LogP contribution in [0.5, 0.6) is 5.75 Å². The quantitative estimate of drug-likeness (QED) is 0.323. The van der Waals surface area contributed by atoms with Crippen molar-refractivity contribution in [2.24, 2.45) is 0 Å². The zero-order valence-corrected chi connectivity index (χ0v) is 20.8. The van der Waals surface area contributed by atoms with Crippen LogP contribution < -0.4 is 16.2 Å². The van der Waals surface area contributed by atoms with Crippen LogP contribution in [-0.4, -0.2) is 52.5 Å². The number of rotatable bonds is 8. The Morgan fingerprint density at radius 2 is 1.82 bits per heavy atom. The van der Waals surface area contributed by atoms with Crippen molar-refractivity contribution in [2.75, 3.05) is 19.6 Å². The highest BCUT2D eigenvalue weighted by Crippen LogP contribution is 2.28. The van der Waals surface area contributed by atoms with Crippen molar-refractivity contribution in [3.63, 3.8) is 0 Å². The number of pyridine rings is 1. The first-order chi connectivity index (χ1) is 18.2. The molecule has 1 aromatic heterocycles. The Bertz CT molecular complexity index is 1430. The third-order valence-corrected chi connectivity index (χ3v) is 6.19. The average Bonchev–Trinajstić information content (AvgIpc) is 2.91. The zero-order valence-electron chi connectivity index (χ0n) is 20.1. The molecule has 10 nitrogen and oxygen atoms in total. The van der Waals surface area contributed by atoms with E-state index in [0.717, 1.165) is 5.56 Å². The number of benzene rings is 2. The lowest BCUT2D eigenvalue weighted by molar-refractivity contribution is 0.0722. The maximum atomic E-state index is 13.5. The molecule has 0 spiro atoms. The normalized spacial score (nSPS) is 12.6. The van der Waals surface area contributed by atoms with Gasteiger partial charge in [0.2, 0.25) is 0 Å². The number of carbonyl (C=O) groups is 3. The van der Waals surface area contributed by atoms with Gasteiger partial charge in [-0.3, -0.25) is 14.4 Å². The fourth-order valence-electron chi connectivity index (χ4n) is 4.02. The molecule has 38 heavy (non-hydrogen) atoms. The van der Waals surface area contributed by atoms with E-state index in [1.165, 1.54) is 23.1 Å². The molecule has 4 rings (SSSR count). The number of alkyl carbamates (subject to hydrolysis) is 1. The summed E-state index contributed by atoms with van der Waals surface area (Å²) in [4.78, 5) is 53.8. The van der Waals surface area contributed by atoms with Crippen molar-refractivity contribution in [1.82, 2.24) is 20.5 Å². The summed E-state index contributed by atoms with van der Waals surface area (Å²) in [7, 11) is 0. The SMILES string of the molecule is O=C(NCCNC(=O)c1[nH]c(=O)c(O)c2c1CCN(Cc1ccc(F)c(Cl)c1)C2=O)OCc1ccccc1. The molecule has 198 valence electrons. The monoisotopic (exact) mass is 542 g/mol. The van der Waals surface area contributed by atoms with E-state index in [2.05, 4.69) is 15.6 Å². The number of aromatic amines is 1. The van der Waals surface area contributed by atoms with E-state index in [1.807, 2.05) is 30.3 Å². The van der Waals surface area contributed by atoms with Crippen LogP contribution in [-0.2, 0) is 24.3 Å². The number of fused-ring (bicyclic) bond motifs is 1. The molecule has 0 aliphatic carbocycles. The van der Waals surface area contributed by atoms with Crippen LogP contribution in [0.15, 0.2) is 53.3 Å². The van der Waals surface area contributed by atoms with Crippen LogP contribution in [0.3, 0.4) is 0 Å². The average molecular weight is 543 g/mol. The van der Waals surface area contributed by atoms with Gasteiger partial charge in [0, 0.05) is 26.2 Å². The Hall–Kier alpha value is -4.38. The molecule has 3 aromatic rings. The first-order valence-electron chi connectivity index (χ1n) is 11.7. The lowest BCUT2D eigenvalue weighted by atomic mass is 9.96. The predicted octanol–water partition coefficient (Wildman–Crippen LogP) is 2.73. The van der Waals surface area contributed by atoms with Gasteiger partial charge in [-0.2, -0.15) is 0 Å². The van der Waals surface area contributed by atoms with E-state index >= 15 is 0 Å². The van der Waals surface area contributed by atoms with Gasteiger partial charge in [0.05, 0.1) is 10.6 Å². The topological polar surface area (TPSA) is 141 Å². The highest BCUT2D eigenvalue weighted by molar-refractivity contribution is 6.30. The fraction of sp³-hybridized carbons (Fsp3) is 0.231. The van der Waals surface area contributed by atoms with Gasteiger partial charge in [-0.05, 0) is 35.2 Å². The number of hydrogen-bond acceptors (Lipinski definition) is 6. The van der Waals surface area contributed by atoms with Gasteiger partial charge in [-0.1, -0.05) is 48.0 Å². The van der Waals surface area contributed by atoms with Gasteiger partial charge in [0.25, 0.3) is 17.4 Å². The van der Waals surface area contributed by atoms with Crippen molar-refractivity contribution in [3.8, 4) is 5.75 Å². The molecule has 1 aliphatic rings. The van der Waals surface area contributed by atoms with Crippen LogP contribution in [0.4, 0.5) is 9.18 Å². The van der Waals surface area contributed by atoms with E-state index in [0.29, 0.717) is 5.56 Å². The van der Waals surface area contributed by atoms with E-state index in [1.54, 1.807) is 0 Å². The molecule has 0 bridgehead atoms. The van der Waals surface area contributed by atoms with Crippen LogP contribution in [0.1, 0.15) is 37.5 Å². The molecular formula is C26H24ClFN4O6. The Labute approximate surface area is 221 Å². The molecule has 3 amide bonds. The van der Waals surface area contributed by atoms with Crippen molar-refractivity contribution < 1.29 is 28.6 Å². The molecule has 1 aliphatic heterocycles. The van der Waals surface area contributed by atoms with Crippen molar-refractivity contribution in [1.29, 1.82) is 0 Å². The number of carbonyl (C=O) groups excluding carboxylic acids is 3. The summed E-state index contributed by atoms with van der Waals surface area (Å²) in [6.45, 7) is 0.414. The van der Waals surface area contributed by atoms with Crippen molar-refractivity contribution in [2.45, 2.75) is 19.6 Å². The Morgan fingerprint density at radius 3 is 2.55 bits per heavy atom. The Balaban J connectivity index is 1.37. The van der Waals surface area contributed by atoms with Crippen molar-refractivity contribution in [3.05, 3.63) is 97.7 Å². The summed E-state index contributed by atoms with van der Waals surface area (Å²) in [5.74, 6) is -2.70. The van der Waals surface area contributed by atoms with Crippen LogP contribution in [0.25, 0.3) is 0 Å². The predicted molar refractivity (Wildman–Crippen MR) is 136 cm³/mol. The Morgan fingerprint density at radius 1 is 1.08 bits per heavy atom. The molecule has 2 aromatic carbocycles. The third-order valence-electron chi connectivity index (χ3n) is 5.90. The summed E-state index contributed by atoms with van der Waals surface area (Å²) in [5, 5.41) is 15.3. The highest BCUT2D eigenvalue weighted by Gasteiger charge is 2.33. The van der Waals surface area contributed by atoms with Gasteiger partial charge >= 0.3 is 6.09 Å². The summed E-state index contributed by atoms with van der Waals surface area (Å²) in [5.41, 5.74) is 0.190. The van der Waals surface area contributed by atoms with E-state index in [4.69, 9.17) is 16.3 Å². The molecule has 12 heteroatoms. The standard InChI is InChI=1S/C26H24ClFN4O6/c27-18-12-16(6-7-19(18)28)13-32-11-8-17-20(25(32)36)22(33)24(35)31-21(17)23(34)29-9-10-30-26(37)38-14-15-4-2-1-3-5-15/h1-7,12,33H,8-11,13-14H2,(H,29,34)(H,30,37)(H,31,35). The number of halogens is 2. The zero-order chi connectivity index (χ0) is 27.2. The number of hydrogen-bond donors (Lipinski definition) is 4. The second kappa shape index (κ2) is 11.8. The summed E-state index contributed by atoms with van der Waals surface area (Å²) >= 11 is 5.82. The third kappa shape index (κ3) is 6.12. The largest absolute Gasteiger partial charge is 0.502 e. The summed E-state index contributed by atoms with van der Waals surface area (Å²) in [6, 6.07) is 13.2. The number of nitrogens with one attached hydrogen (secondary N) is 3. The molecular weight excluding hydrogens is 519 g/mol. The van der Waals surface area contributed by atoms with Gasteiger partial charge in [-0.25, -0.2) is 9.18 Å². The minimum atomic E-state index is -0.989. The molecule has 0 saturated carbocycles. The number of ether oxygens (including phenoxy) is 1. The van der Waals surface area contributed by atoms with E-state index in [9.17, 15) is 28.7 Å². The minimum Gasteiger partial charge on any atom is -0.502 e. The maximum Gasteiger partial charge on any atom is 0.407 e. The lowest BCUT2D eigenvalue weighted by Gasteiger charge is -2.30. The van der Waals surface area contributed by atoms with Gasteiger partial charge in [0.15, 0.2) is 5.75 Å². The van der Waals surface area contributed by atoms with Gasteiger partial charge in [-0.15, -0.1) is 0 Å². The number of aromatic hydroxyl groups is 1.